The van der Waals surface area contributed by atoms with Gasteiger partial charge in [0.2, 0.25) is 0 Å². The Morgan fingerprint density at radius 2 is 2.21 bits per heavy atom. The first-order valence-corrected chi connectivity index (χ1v) is 4.65. The number of hydrogen-bond donors (Lipinski definition) is 3. The molecule has 0 aliphatic carbocycles. The molecule has 0 aromatic heterocycles. The van der Waals surface area contributed by atoms with Crippen molar-refractivity contribution in [3.63, 3.8) is 0 Å². The van der Waals surface area contributed by atoms with Crippen molar-refractivity contribution in [1.29, 1.82) is 5.41 Å². The zero-order chi connectivity index (χ0) is 11.1. The normalized spacial score (nSPS) is 12.2. The van der Waals surface area contributed by atoms with Gasteiger partial charge in [-0.15, -0.1) is 0 Å². The second kappa shape index (κ2) is 6.37. The van der Waals surface area contributed by atoms with Crippen LogP contribution in [-0.4, -0.2) is 48.5 Å². The largest absolute Gasteiger partial charge is 0.480 e. The lowest BCUT2D eigenvalue weighted by molar-refractivity contribution is -0.139. The standard InChI is InChI=1S/C9H19N3O2/c1-7(10)12(3)6-4-5-8(11-2)9(13)14/h8,10-11H,4-6H2,1-3H3,(H,13,14). The molecule has 0 spiro atoms. The molecule has 14 heavy (non-hydrogen) atoms. The minimum Gasteiger partial charge on any atom is -0.480 e. The Morgan fingerprint density at radius 3 is 2.57 bits per heavy atom. The van der Waals surface area contributed by atoms with E-state index in [1.165, 1.54) is 0 Å². The highest BCUT2D eigenvalue weighted by Gasteiger charge is 2.13. The van der Waals surface area contributed by atoms with E-state index < -0.39 is 12.0 Å². The molecule has 0 bridgehead atoms. The first-order chi connectivity index (χ1) is 6.49. The molecule has 1 atom stereocenters. The monoisotopic (exact) mass is 201 g/mol. The van der Waals surface area contributed by atoms with Crippen LogP contribution in [0.2, 0.25) is 0 Å². The summed E-state index contributed by atoms with van der Waals surface area (Å²) in [6.07, 6.45) is 1.36. The van der Waals surface area contributed by atoms with Gasteiger partial charge in [0.25, 0.3) is 0 Å². The smallest absolute Gasteiger partial charge is 0.320 e. The summed E-state index contributed by atoms with van der Waals surface area (Å²) in [5.41, 5.74) is 0. The number of carboxylic acids is 1. The van der Waals surface area contributed by atoms with E-state index in [0.29, 0.717) is 12.3 Å². The number of hydrogen-bond acceptors (Lipinski definition) is 3. The highest BCUT2D eigenvalue weighted by molar-refractivity contribution is 5.76. The van der Waals surface area contributed by atoms with Crippen molar-refractivity contribution in [1.82, 2.24) is 10.2 Å². The topological polar surface area (TPSA) is 76.4 Å². The molecule has 1 unspecified atom stereocenters. The van der Waals surface area contributed by atoms with Crippen molar-refractivity contribution in [2.45, 2.75) is 25.8 Å². The fourth-order valence-corrected chi connectivity index (χ4v) is 1.09. The fraction of sp³-hybridized carbons (Fsp3) is 0.778. The third kappa shape index (κ3) is 4.81. The van der Waals surface area contributed by atoms with E-state index in [0.717, 1.165) is 13.0 Å². The molecule has 0 aromatic rings. The van der Waals surface area contributed by atoms with Crippen molar-refractivity contribution in [3.05, 3.63) is 0 Å². The predicted molar refractivity (Wildman–Crippen MR) is 55.7 cm³/mol. The summed E-state index contributed by atoms with van der Waals surface area (Å²) in [7, 11) is 3.47. The Morgan fingerprint density at radius 1 is 1.64 bits per heavy atom. The SMILES string of the molecule is CNC(CCCN(C)C(C)=N)C(=O)O. The number of aliphatic carboxylic acids is 1. The van der Waals surface area contributed by atoms with Crippen molar-refractivity contribution >= 4 is 11.8 Å². The highest BCUT2D eigenvalue weighted by Crippen LogP contribution is 1.99. The van der Waals surface area contributed by atoms with Crippen LogP contribution in [0.25, 0.3) is 0 Å². The maximum atomic E-state index is 10.6. The predicted octanol–water partition coefficient (Wildman–Crippen LogP) is 0.368. The van der Waals surface area contributed by atoms with Gasteiger partial charge in [-0.25, -0.2) is 0 Å². The Hall–Kier alpha value is -1.10. The van der Waals surface area contributed by atoms with Gasteiger partial charge in [0.05, 0.1) is 5.84 Å². The zero-order valence-electron chi connectivity index (χ0n) is 9.00. The van der Waals surface area contributed by atoms with Gasteiger partial charge >= 0.3 is 5.97 Å². The van der Waals surface area contributed by atoms with E-state index in [2.05, 4.69) is 5.32 Å². The Bertz CT molecular complexity index is 206. The van der Waals surface area contributed by atoms with Crippen LogP contribution in [0.1, 0.15) is 19.8 Å². The molecule has 0 saturated heterocycles. The summed E-state index contributed by atoms with van der Waals surface area (Å²) < 4.78 is 0. The molecule has 0 aliphatic heterocycles. The molecule has 0 heterocycles. The van der Waals surface area contributed by atoms with Crippen molar-refractivity contribution < 1.29 is 9.90 Å². The summed E-state index contributed by atoms with van der Waals surface area (Å²) in [4.78, 5) is 12.4. The van der Waals surface area contributed by atoms with E-state index in [9.17, 15) is 4.79 Å². The van der Waals surface area contributed by atoms with Crippen LogP contribution in [0, 0.1) is 5.41 Å². The molecular weight excluding hydrogens is 182 g/mol. The quantitative estimate of drug-likeness (QED) is 0.428. The molecule has 0 rings (SSSR count). The first-order valence-electron chi connectivity index (χ1n) is 4.65. The van der Waals surface area contributed by atoms with Crippen LogP contribution in [0.4, 0.5) is 0 Å². The van der Waals surface area contributed by atoms with E-state index in [-0.39, 0.29) is 0 Å². The van der Waals surface area contributed by atoms with E-state index in [1.54, 1.807) is 18.9 Å². The molecule has 0 fully saturated rings. The highest BCUT2D eigenvalue weighted by atomic mass is 16.4. The molecule has 5 heteroatoms. The molecule has 3 N–H and O–H groups in total. The van der Waals surface area contributed by atoms with Crippen molar-refractivity contribution in [2.24, 2.45) is 0 Å². The minimum atomic E-state index is -0.818. The van der Waals surface area contributed by atoms with Crippen molar-refractivity contribution in [3.8, 4) is 0 Å². The third-order valence-electron chi connectivity index (χ3n) is 2.21. The summed E-state index contributed by atoms with van der Waals surface area (Å²) in [6.45, 7) is 2.44. The summed E-state index contributed by atoms with van der Waals surface area (Å²) >= 11 is 0. The summed E-state index contributed by atoms with van der Waals surface area (Å²) in [5, 5.41) is 18.8. The van der Waals surface area contributed by atoms with Crippen LogP contribution < -0.4 is 5.32 Å². The molecule has 0 radical (unpaired) electrons. The lowest BCUT2D eigenvalue weighted by Crippen LogP contribution is -2.35. The summed E-state index contributed by atoms with van der Waals surface area (Å²) in [6, 6.07) is -0.477. The first kappa shape index (κ1) is 12.9. The molecule has 82 valence electrons. The summed E-state index contributed by atoms with van der Waals surface area (Å²) in [5.74, 6) is -0.317. The second-order valence-electron chi connectivity index (χ2n) is 3.33. The Labute approximate surface area is 84.6 Å². The number of nitrogens with zero attached hydrogens (tertiary/aromatic N) is 1. The average Bonchev–Trinajstić information content (AvgIpc) is 2.11. The number of carboxylic acid groups (broad SMARTS) is 1. The van der Waals surface area contributed by atoms with Crippen LogP contribution >= 0.6 is 0 Å². The van der Waals surface area contributed by atoms with Gasteiger partial charge in [-0.3, -0.25) is 10.2 Å². The van der Waals surface area contributed by atoms with Crippen LogP contribution in [0.15, 0.2) is 0 Å². The zero-order valence-corrected chi connectivity index (χ0v) is 9.00. The fourth-order valence-electron chi connectivity index (χ4n) is 1.09. The number of amidine groups is 1. The van der Waals surface area contributed by atoms with Gasteiger partial charge < -0.3 is 15.3 Å². The minimum absolute atomic E-state index is 0.477. The lowest BCUT2D eigenvalue weighted by atomic mass is 10.1. The average molecular weight is 201 g/mol. The van der Waals surface area contributed by atoms with Gasteiger partial charge in [-0.2, -0.15) is 0 Å². The number of rotatable bonds is 6. The molecule has 0 amide bonds. The number of nitrogens with one attached hydrogen (secondary N) is 2. The van der Waals surface area contributed by atoms with Gasteiger partial charge in [-0.1, -0.05) is 0 Å². The van der Waals surface area contributed by atoms with Gasteiger partial charge in [0, 0.05) is 13.6 Å². The van der Waals surface area contributed by atoms with Crippen LogP contribution in [-0.2, 0) is 4.79 Å². The molecule has 0 aromatic carbocycles. The molecule has 5 nitrogen and oxygen atoms in total. The Kier molecular flexibility index (Phi) is 5.87. The molecular formula is C9H19N3O2. The third-order valence-corrected chi connectivity index (χ3v) is 2.21. The van der Waals surface area contributed by atoms with Gasteiger partial charge in [-0.05, 0) is 26.8 Å². The van der Waals surface area contributed by atoms with Crippen molar-refractivity contribution in [2.75, 3.05) is 20.6 Å². The van der Waals surface area contributed by atoms with E-state index >= 15 is 0 Å². The molecule has 0 aliphatic rings. The van der Waals surface area contributed by atoms with Crippen LogP contribution in [0.3, 0.4) is 0 Å². The van der Waals surface area contributed by atoms with E-state index in [4.69, 9.17) is 10.5 Å². The van der Waals surface area contributed by atoms with Crippen LogP contribution in [0.5, 0.6) is 0 Å². The van der Waals surface area contributed by atoms with Gasteiger partial charge in [0.1, 0.15) is 6.04 Å². The second-order valence-corrected chi connectivity index (χ2v) is 3.33. The maximum absolute atomic E-state index is 10.6. The molecule has 0 saturated carbocycles. The van der Waals surface area contributed by atoms with E-state index in [1.807, 2.05) is 7.05 Å². The number of carbonyl (C=O) groups is 1. The lowest BCUT2D eigenvalue weighted by Gasteiger charge is -2.18. The maximum Gasteiger partial charge on any atom is 0.320 e. The number of likely N-dealkylation sites (N-methyl/N-ethyl adjacent to an activating group) is 1. The Balaban J connectivity index is 3.71. The van der Waals surface area contributed by atoms with Gasteiger partial charge in [0.15, 0.2) is 0 Å².